The van der Waals surface area contributed by atoms with Gasteiger partial charge >= 0.3 is 0 Å². The molecule has 1 fully saturated rings. The van der Waals surface area contributed by atoms with Crippen LogP contribution in [0.2, 0.25) is 0 Å². The Morgan fingerprint density at radius 3 is 2.67 bits per heavy atom. The average molecular weight is 266 g/mol. The Morgan fingerprint density at radius 2 is 2.11 bits per heavy atom. The lowest BCUT2D eigenvalue weighted by Crippen LogP contribution is -2.40. The summed E-state index contributed by atoms with van der Waals surface area (Å²) in [5.74, 6) is 0.841. The van der Waals surface area contributed by atoms with Gasteiger partial charge in [0, 0.05) is 23.5 Å². The summed E-state index contributed by atoms with van der Waals surface area (Å²) >= 11 is 1.90. The van der Waals surface area contributed by atoms with E-state index in [0.29, 0.717) is 12.1 Å². The maximum Gasteiger partial charge on any atom is 0.0445 e. The number of hydrogen-bond acceptors (Lipinski definition) is 3. The van der Waals surface area contributed by atoms with Crippen LogP contribution in [0.3, 0.4) is 0 Å². The van der Waals surface area contributed by atoms with Crippen LogP contribution in [0.5, 0.6) is 0 Å². The molecule has 1 aliphatic rings. The Bertz CT molecular complexity index is 328. The summed E-state index contributed by atoms with van der Waals surface area (Å²) in [6.07, 6.45) is 5.61. The Kier molecular flexibility index (Phi) is 5.22. The molecule has 102 valence electrons. The van der Waals surface area contributed by atoms with Gasteiger partial charge in [-0.05, 0) is 51.2 Å². The lowest BCUT2D eigenvalue weighted by molar-refractivity contribution is 0.290. The summed E-state index contributed by atoms with van der Waals surface area (Å²) in [6.45, 7) is 3.41. The van der Waals surface area contributed by atoms with Crippen molar-refractivity contribution in [3.63, 3.8) is 0 Å². The SMILES string of the molecule is CC(CN(C)C)NC(c1cccs1)C1CCCC1. The van der Waals surface area contributed by atoms with E-state index >= 15 is 0 Å². The molecule has 1 aromatic rings. The zero-order valence-electron chi connectivity index (χ0n) is 11.9. The van der Waals surface area contributed by atoms with Crippen molar-refractivity contribution >= 4 is 11.3 Å². The van der Waals surface area contributed by atoms with Crippen LogP contribution in [0.15, 0.2) is 17.5 Å². The highest BCUT2D eigenvalue weighted by Crippen LogP contribution is 2.37. The first-order chi connectivity index (χ1) is 8.66. The molecule has 0 spiro atoms. The van der Waals surface area contributed by atoms with Crippen LogP contribution in [0.1, 0.15) is 43.5 Å². The molecular formula is C15H26N2S. The summed E-state index contributed by atoms with van der Waals surface area (Å²) in [7, 11) is 4.29. The molecule has 0 bridgehead atoms. The van der Waals surface area contributed by atoms with Crippen molar-refractivity contribution in [2.75, 3.05) is 20.6 Å². The molecule has 2 nitrogen and oxygen atoms in total. The molecule has 0 radical (unpaired) electrons. The van der Waals surface area contributed by atoms with Gasteiger partial charge in [0.2, 0.25) is 0 Å². The third kappa shape index (κ3) is 3.81. The first-order valence-corrected chi connectivity index (χ1v) is 7.99. The number of thiophene rings is 1. The molecule has 0 amide bonds. The van der Waals surface area contributed by atoms with E-state index in [1.54, 1.807) is 0 Å². The number of likely N-dealkylation sites (N-methyl/N-ethyl adjacent to an activating group) is 1. The number of rotatable bonds is 6. The smallest absolute Gasteiger partial charge is 0.0445 e. The van der Waals surface area contributed by atoms with Crippen LogP contribution in [0.4, 0.5) is 0 Å². The van der Waals surface area contributed by atoms with Crippen molar-refractivity contribution < 1.29 is 0 Å². The minimum atomic E-state index is 0.549. The summed E-state index contributed by atoms with van der Waals surface area (Å²) in [4.78, 5) is 3.78. The van der Waals surface area contributed by atoms with Gasteiger partial charge in [-0.15, -0.1) is 11.3 Å². The van der Waals surface area contributed by atoms with Gasteiger partial charge in [0.25, 0.3) is 0 Å². The zero-order valence-corrected chi connectivity index (χ0v) is 12.7. The average Bonchev–Trinajstić information content (AvgIpc) is 2.98. The normalized spacial score (nSPS) is 20.4. The van der Waals surface area contributed by atoms with Crippen LogP contribution in [0, 0.1) is 5.92 Å². The number of nitrogens with one attached hydrogen (secondary N) is 1. The molecule has 1 aromatic heterocycles. The van der Waals surface area contributed by atoms with E-state index < -0.39 is 0 Å². The lowest BCUT2D eigenvalue weighted by atomic mass is 9.96. The maximum absolute atomic E-state index is 3.86. The second-order valence-corrected chi connectivity index (χ2v) is 6.85. The van der Waals surface area contributed by atoms with Crippen molar-refractivity contribution in [3.8, 4) is 0 Å². The highest BCUT2D eigenvalue weighted by Gasteiger charge is 2.27. The topological polar surface area (TPSA) is 15.3 Å². The van der Waals surface area contributed by atoms with Crippen LogP contribution < -0.4 is 5.32 Å². The maximum atomic E-state index is 3.86. The second-order valence-electron chi connectivity index (χ2n) is 5.87. The molecule has 2 unspecified atom stereocenters. The molecule has 0 aromatic carbocycles. The second kappa shape index (κ2) is 6.69. The first-order valence-electron chi connectivity index (χ1n) is 7.11. The molecule has 1 heterocycles. The zero-order chi connectivity index (χ0) is 13.0. The standard InChI is InChI=1S/C15H26N2S/c1-12(11-17(2)3)16-15(13-7-4-5-8-13)14-9-6-10-18-14/h6,9-10,12-13,15-16H,4-5,7-8,11H2,1-3H3. The van der Waals surface area contributed by atoms with E-state index in [-0.39, 0.29) is 0 Å². The molecule has 18 heavy (non-hydrogen) atoms. The van der Waals surface area contributed by atoms with Crippen molar-refractivity contribution in [1.82, 2.24) is 10.2 Å². The van der Waals surface area contributed by atoms with Gasteiger partial charge in [0.1, 0.15) is 0 Å². The Hall–Kier alpha value is -0.380. The predicted molar refractivity (Wildman–Crippen MR) is 80.2 cm³/mol. The van der Waals surface area contributed by atoms with Crippen molar-refractivity contribution in [3.05, 3.63) is 22.4 Å². The highest BCUT2D eigenvalue weighted by molar-refractivity contribution is 7.10. The lowest BCUT2D eigenvalue weighted by Gasteiger charge is -2.29. The van der Waals surface area contributed by atoms with E-state index in [0.717, 1.165) is 12.5 Å². The molecule has 2 rings (SSSR count). The number of hydrogen-bond donors (Lipinski definition) is 1. The van der Waals surface area contributed by atoms with Gasteiger partial charge in [-0.3, -0.25) is 0 Å². The van der Waals surface area contributed by atoms with Crippen molar-refractivity contribution in [2.24, 2.45) is 5.92 Å². The third-order valence-corrected chi connectivity index (χ3v) is 4.78. The van der Waals surface area contributed by atoms with Gasteiger partial charge in [0.15, 0.2) is 0 Å². The molecule has 3 heteroatoms. The molecule has 0 saturated heterocycles. The Morgan fingerprint density at radius 1 is 1.39 bits per heavy atom. The fourth-order valence-electron chi connectivity index (χ4n) is 3.12. The van der Waals surface area contributed by atoms with Gasteiger partial charge in [-0.2, -0.15) is 0 Å². The van der Waals surface area contributed by atoms with E-state index in [1.165, 1.54) is 30.6 Å². The molecule has 1 N–H and O–H groups in total. The van der Waals surface area contributed by atoms with Crippen LogP contribution >= 0.6 is 11.3 Å². The minimum absolute atomic E-state index is 0.549. The van der Waals surface area contributed by atoms with E-state index in [9.17, 15) is 0 Å². The largest absolute Gasteiger partial charge is 0.308 e. The Labute approximate surface area is 115 Å². The van der Waals surface area contributed by atoms with E-state index in [2.05, 4.69) is 48.7 Å². The summed E-state index contributed by atoms with van der Waals surface area (Å²) in [5, 5.41) is 6.07. The van der Waals surface area contributed by atoms with Gasteiger partial charge < -0.3 is 10.2 Å². The quantitative estimate of drug-likeness (QED) is 0.847. The van der Waals surface area contributed by atoms with Crippen molar-refractivity contribution in [2.45, 2.75) is 44.7 Å². The summed E-state index contributed by atoms with van der Waals surface area (Å²) in [5.41, 5.74) is 0. The molecule has 1 aliphatic carbocycles. The monoisotopic (exact) mass is 266 g/mol. The summed E-state index contributed by atoms with van der Waals surface area (Å²) < 4.78 is 0. The molecule has 2 atom stereocenters. The minimum Gasteiger partial charge on any atom is -0.308 e. The fraction of sp³-hybridized carbons (Fsp3) is 0.733. The highest BCUT2D eigenvalue weighted by atomic mass is 32.1. The first kappa shape index (κ1) is 14.0. The fourth-order valence-corrected chi connectivity index (χ4v) is 3.99. The van der Waals surface area contributed by atoms with E-state index in [4.69, 9.17) is 0 Å². The Balaban J connectivity index is 2.00. The predicted octanol–water partition coefficient (Wildman–Crippen LogP) is 3.52. The van der Waals surface area contributed by atoms with Gasteiger partial charge in [-0.1, -0.05) is 18.9 Å². The van der Waals surface area contributed by atoms with Crippen LogP contribution in [-0.4, -0.2) is 31.6 Å². The van der Waals surface area contributed by atoms with Gasteiger partial charge in [-0.25, -0.2) is 0 Å². The van der Waals surface area contributed by atoms with Crippen LogP contribution in [0.25, 0.3) is 0 Å². The van der Waals surface area contributed by atoms with Crippen LogP contribution in [-0.2, 0) is 0 Å². The number of nitrogens with zero attached hydrogens (tertiary/aromatic N) is 1. The molecular weight excluding hydrogens is 240 g/mol. The third-order valence-electron chi connectivity index (χ3n) is 3.82. The molecule has 0 aliphatic heterocycles. The summed E-state index contributed by atoms with van der Waals surface area (Å²) in [6, 6.07) is 5.60. The van der Waals surface area contributed by atoms with E-state index in [1.807, 2.05) is 11.3 Å². The molecule has 1 saturated carbocycles. The van der Waals surface area contributed by atoms with Gasteiger partial charge in [0.05, 0.1) is 0 Å². The van der Waals surface area contributed by atoms with Crippen molar-refractivity contribution in [1.29, 1.82) is 0 Å².